The van der Waals surface area contributed by atoms with Crippen LogP contribution in [0.3, 0.4) is 0 Å². The lowest BCUT2D eigenvalue weighted by Gasteiger charge is -2.49. The van der Waals surface area contributed by atoms with Crippen LogP contribution in [-0.2, 0) is 28.7 Å². The van der Waals surface area contributed by atoms with Crippen LogP contribution in [0.25, 0.3) is 0 Å². The number of rotatable bonds is 9. The number of nitrogens with zero attached hydrogens (tertiary/aromatic N) is 1. The fourth-order valence-electron chi connectivity index (χ4n) is 3.25. The van der Waals surface area contributed by atoms with E-state index in [1.807, 2.05) is 0 Å². The van der Waals surface area contributed by atoms with Crippen LogP contribution >= 0.6 is 27.7 Å². The molecule has 3 atom stereocenters. The number of thioether (sulfide) groups is 1. The maximum atomic E-state index is 12.5. The molecule has 2 heterocycles. The van der Waals surface area contributed by atoms with Gasteiger partial charge in [0.25, 0.3) is 5.91 Å². The predicted octanol–water partition coefficient (Wildman–Crippen LogP) is 0.356. The van der Waals surface area contributed by atoms with E-state index in [2.05, 4.69) is 21.2 Å². The Morgan fingerprint density at radius 2 is 1.94 bits per heavy atom. The minimum Gasteiger partial charge on any atom is -0.477 e. The first-order valence-electron chi connectivity index (χ1n) is 9.41. The Balaban J connectivity index is 1.67. The highest BCUT2D eigenvalue weighted by Gasteiger charge is 2.54. The van der Waals surface area contributed by atoms with Gasteiger partial charge in [0.2, 0.25) is 5.91 Å². The third-order valence-electron chi connectivity index (χ3n) is 4.80. The minimum absolute atomic E-state index is 0.0102. The minimum atomic E-state index is -1.53. The first-order chi connectivity index (χ1) is 15.2. The molecule has 0 bridgehead atoms. The second kappa shape index (κ2) is 10.3. The fourth-order valence-corrected chi connectivity index (χ4v) is 4.78. The lowest BCUT2D eigenvalue weighted by molar-refractivity contribution is -0.154. The van der Waals surface area contributed by atoms with Gasteiger partial charge in [-0.15, -0.1) is 11.8 Å². The van der Waals surface area contributed by atoms with E-state index in [1.165, 1.54) is 11.8 Å². The van der Waals surface area contributed by atoms with Gasteiger partial charge in [-0.05, 0) is 5.56 Å². The Hall–Kier alpha value is -2.70. The van der Waals surface area contributed by atoms with Gasteiger partial charge >= 0.3 is 11.9 Å². The molecule has 0 saturated carbocycles. The summed E-state index contributed by atoms with van der Waals surface area (Å²) in [6, 6.07) is 7.17. The molecule has 1 fully saturated rings. The van der Waals surface area contributed by atoms with E-state index in [9.17, 15) is 34.2 Å². The van der Waals surface area contributed by atoms with Crippen LogP contribution in [0.5, 0.6) is 0 Å². The van der Waals surface area contributed by atoms with E-state index in [0.717, 1.165) is 4.90 Å². The number of esters is 1. The average Bonchev–Trinajstić information content (AvgIpc) is 2.79. The van der Waals surface area contributed by atoms with Crippen molar-refractivity contribution in [2.45, 2.75) is 23.9 Å². The molecule has 3 rings (SSSR count). The number of aliphatic hydroxyl groups is 1. The lowest BCUT2D eigenvalue weighted by Crippen LogP contribution is -2.70. The number of hydrogen-bond donors (Lipinski definition) is 3. The Morgan fingerprint density at radius 3 is 2.56 bits per heavy atom. The summed E-state index contributed by atoms with van der Waals surface area (Å²) in [7, 11) is 0. The number of carboxylic acids is 1. The molecule has 2 aliphatic heterocycles. The molecule has 2 amide bonds. The average molecular weight is 527 g/mol. The number of carboxylic acid groups (broad SMARTS) is 1. The maximum absolute atomic E-state index is 12.5. The molecule has 3 N–H and O–H groups in total. The molecular formula is C20H19BrN2O8S. The van der Waals surface area contributed by atoms with Crippen molar-refractivity contribution in [3.8, 4) is 0 Å². The Bertz CT molecular complexity index is 983. The monoisotopic (exact) mass is 526 g/mol. The number of amides is 2. The summed E-state index contributed by atoms with van der Waals surface area (Å²) in [5.74, 6) is -3.79. The SMILES string of the molecule is O=C(CBr)CC(=O)NC1C(=O)N2C(C(=O)O)=C(COC(=O)C(O)c3ccccc3)CSC12. The van der Waals surface area contributed by atoms with E-state index < -0.39 is 47.9 Å². The predicted molar refractivity (Wildman–Crippen MR) is 115 cm³/mol. The van der Waals surface area contributed by atoms with Crippen molar-refractivity contribution in [1.29, 1.82) is 0 Å². The van der Waals surface area contributed by atoms with Gasteiger partial charge in [0.05, 0.1) is 11.8 Å². The standard InChI is InChI=1S/C20H19BrN2O8S/c21-7-12(24)6-13(25)22-14-17(27)23-15(19(28)29)11(9-32-18(14)23)8-31-20(30)16(26)10-4-2-1-3-5-10/h1-5,14,16,18,26H,6-9H2,(H,22,25)(H,28,29). The topological polar surface area (TPSA) is 150 Å². The number of carbonyl (C=O) groups is 5. The Morgan fingerprint density at radius 1 is 1.25 bits per heavy atom. The quantitative estimate of drug-likeness (QED) is 0.179. The first kappa shape index (κ1) is 24.0. The molecule has 1 aromatic carbocycles. The fraction of sp³-hybridized carbons (Fsp3) is 0.350. The number of aliphatic carboxylic acids is 1. The van der Waals surface area contributed by atoms with Crippen LogP contribution in [-0.4, -0.2) is 73.8 Å². The summed E-state index contributed by atoms with van der Waals surface area (Å²) >= 11 is 4.15. The molecule has 0 radical (unpaired) electrons. The number of carbonyl (C=O) groups excluding carboxylic acids is 4. The van der Waals surface area contributed by atoms with Crippen molar-refractivity contribution in [3.05, 3.63) is 47.2 Å². The van der Waals surface area contributed by atoms with Gasteiger partial charge in [-0.25, -0.2) is 9.59 Å². The van der Waals surface area contributed by atoms with Gasteiger partial charge < -0.3 is 20.3 Å². The summed E-state index contributed by atoms with van der Waals surface area (Å²) < 4.78 is 5.10. The number of nitrogens with one attached hydrogen (secondary N) is 1. The second-order valence-corrected chi connectivity index (χ2v) is 8.65. The van der Waals surface area contributed by atoms with Crippen molar-refractivity contribution < 1.29 is 38.9 Å². The molecule has 0 aromatic heterocycles. The van der Waals surface area contributed by atoms with E-state index in [0.29, 0.717) is 5.56 Å². The highest BCUT2D eigenvalue weighted by Crippen LogP contribution is 2.40. The third kappa shape index (κ3) is 5.03. The van der Waals surface area contributed by atoms with Crippen molar-refractivity contribution >= 4 is 57.2 Å². The van der Waals surface area contributed by atoms with Crippen LogP contribution < -0.4 is 5.32 Å². The summed E-state index contributed by atoms with van der Waals surface area (Å²) in [4.78, 5) is 60.9. The summed E-state index contributed by atoms with van der Waals surface area (Å²) in [6.45, 7) is -0.412. The normalized spacial score (nSPS) is 20.7. The highest BCUT2D eigenvalue weighted by molar-refractivity contribution is 9.09. The zero-order valence-electron chi connectivity index (χ0n) is 16.5. The van der Waals surface area contributed by atoms with Crippen LogP contribution in [0.2, 0.25) is 0 Å². The van der Waals surface area contributed by atoms with Crippen LogP contribution in [0, 0.1) is 0 Å². The van der Waals surface area contributed by atoms with Crippen molar-refractivity contribution in [2.75, 3.05) is 17.7 Å². The number of fused-ring (bicyclic) bond motifs is 1. The van der Waals surface area contributed by atoms with E-state index in [4.69, 9.17) is 4.74 Å². The lowest BCUT2D eigenvalue weighted by atomic mass is 10.0. The van der Waals surface area contributed by atoms with Crippen LogP contribution in [0.1, 0.15) is 18.1 Å². The molecule has 1 saturated heterocycles. The smallest absolute Gasteiger partial charge is 0.352 e. The third-order valence-corrected chi connectivity index (χ3v) is 6.77. The zero-order chi connectivity index (χ0) is 23.4. The molecule has 3 unspecified atom stereocenters. The number of β-lactam (4-membered cyclic amide) rings is 1. The van der Waals surface area contributed by atoms with Crippen LogP contribution in [0.4, 0.5) is 0 Å². The molecule has 10 nitrogen and oxygen atoms in total. The van der Waals surface area contributed by atoms with E-state index in [1.54, 1.807) is 30.3 Å². The molecule has 0 aliphatic carbocycles. The van der Waals surface area contributed by atoms with Gasteiger partial charge in [0, 0.05) is 11.3 Å². The van der Waals surface area contributed by atoms with Gasteiger partial charge in [-0.2, -0.15) is 0 Å². The number of Topliss-reactive ketones (excluding diaryl/α,β-unsaturated/α-hetero) is 1. The number of alkyl halides is 1. The number of hydrogen-bond acceptors (Lipinski definition) is 8. The highest BCUT2D eigenvalue weighted by atomic mass is 79.9. The molecule has 12 heteroatoms. The number of aliphatic hydroxyl groups excluding tert-OH is 1. The van der Waals surface area contributed by atoms with Gasteiger partial charge in [-0.3, -0.25) is 19.3 Å². The number of ether oxygens (including phenoxy) is 1. The maximum Gasteiger partial charge on any atom is 0.352 e. The molecular weight excluding hydrogens is 508 g/mol. The molecule has 0 spiro atoms. The Kier molecular flexibility index (Phi) is 7.69. The number of ketones is 1. The van der Waals surface area contributed by atoms with Crippen LogP contribution in [0.15, 0.2) is 41.6 Å². The largest absolute Gasteiger partial charge is 0.477 e. The summed E-state index contributed by atoms with van der Waals surface area (Å²) in [5.41, 5.74) is 0.209. The molecule has 1 aromatic rings. The number of halogens is 1. The van der Waals surface area contributed by atoms with Gasteiger partial charge in [0.1, 0.15) is 23.7 Å². The summed E-state index contributed by atoms with van der Waals surface area (Å²) in [5, 5.41) is 21.6. The van der Waals surface area contributed by atoms with E-state index >= 15 is 0 Å². The Labute approximate surface area is 195 Å². The molecule has 170 valence electrons. The van der Waals surface area contributed by atoms with Crippen molar-refractivity contribution in [2.24, 2.45) is 0 Å². The van der Waals surface area contributed by atoms with Crippen molar-refractivity contribution in [3.63, 3.8) is 0 Å². The van der Waals surface area contributed by atoms with Gasteiger partial charge in [-0.1, -0.05) is 46.3 Å². The number of benzene rings is 1. The van der Waals surface area contributed by atoms with Gasteiger partial charge in [0.15, 0.2) is 11.9 Å². The van der Waals surface area contributed by atoms with E-state index in [-0.39, 0.29) is 34.6 Å². The molecule has 2 aliphatic rings. The molecule has 32 heavy (non-hydrogen) atoms. The second-order valence-electron chi connectivity index (χ2n) is 6.98. The summed E-state index contributed by atoms with van der Waals surface area (Å²) in [6.07, 6.45) is -1.92. The first-order valence-corrected chi connectivity index (χ1v) is 11.6. The van der Waals surface area contributed by atoms with Crippen molar-refractivity contribution in [1.82, 2.24) is 10.2 Å². The zero-order valence-corrected chi connectivity index (χ0v) is 18.9.